The molecule has 0 aliphatic heterocycles. The van der Waals surface area contributed by atoms with E-state index in [2.05, 4.69) is 9.89 Å². The largest absolute Gasteiger partial charge is 0.435 e. The monoisotopic (exact) mass is 282 g/mol. The first-order chi connectivity index (χ1) is 9.29. The van der Waals surface area contributed by atoms with E-state index in [0.29, 0.717) is 11.3 Å². The van der Waals surface area contributed by atoms with Gasteiger partial charge in [0.15, 0.2) is 11.6 Å². The van der Waals surface area contributed by atoms with Crippen molar-refractivity contribution in [3.05, 3.63) is 30.0 Å². The number of benzene rings is 1. The molecule has 2 N–H and O–H groups in total. The van der Waals surface area contributed by atoms with Gasteiger partial charge in [0, 0.05) is 5.41 Å². The molecule has 0 saturated carbocycles. The molecular formula is C14H16F2N2O2. The third-order valence-corrected chi connectivity index (χ3v) is 2.77. The van der Waals surface area contributed by atoms with Crippen LogP contribution in [0.25, 0.3) is 11.1 Å². The van der Waals surface area contributed by atoms with Crippen molar-refractivity contribution < 1.29 is 18.0 Å². The van der Waals surface area contributed by atoms with Gasteiger partial charge in [0.05, 0.1) is 5.56 Å². The van der Waals surface area contributed by atoms with Crippen LogP contribution in [0.1, 0.15) is 26.5 Å². The van der Waals surface area contributed by atoms with Crippen LogP contribution >= 0.6 is 0 Å². The third kappa shape index (κ3) is 2.89. The highest BCUT2D eigenvalue weighted by Crippen LogP contribution is 2.37. The van der Waals surface area contributed by atoms with Crippen LogP contribution in [0.2, 0.25) is 0 Å². The van der Waals surface area contributed by atoms with Crippen molar-refractivity contribution in [1.82, 2.24) is 5.16 Å². The SMILES string of the molecule is CC(C)(C)c1onc(N)c1-c1ccc(OC(F)F)cc1. The van der Waals surface area contributed by atoms with Crippen LogP contribution in [-0.2, 0) is 5.41 Å². The summed E-state index contributed by atoms with van der Waals surface area (Å²) in [5.74, 6) is 1.02. The molecule has 1 aromatic carbocycles. The molecule has 0 saturated heterocycles. The lowest BCUT2D eigenvalue weighted by atomic mass is 9.88. The predicted octanol–water partition coefficient (Wildman–Crippen LogP) is 3.82. The molecule has 1 heterocycles. The Hall–Kier alpha value is -2.11. The molecule has 0 radical (unpaired) electrons. The second-order valence-corrected chi connectivity index (χ2v) is 5.42. The molecule has 0 bridgehead atoms. The van der Waals surface area contributed by atoms with Crippen LogP contribution in [0, 0.1) is 0 Å². The third-order valence-electron chi connectivity index (χ3n) is 2.77. The van der Waals surface area contributed by atoms with Gasteiger partial charge >= 0.3 is 6.61 Å². The molecule has 6 heteroatoms. The average molecular weight is 282 g/mol. The number of anilines is 1. The number of hydrogen-bond donors (Lipinski definition) is 1. The Labute approximate surface area is 115 Å². The minimum absolute atomic E-state index is 0.0936. The Kier molecular flexibility index (Phi) is 3.65. The van der Waals surface area contributed by atoms with Crippen molar-refractivity contribution in [2.24, 2.45) is 0 Å². The lowest BCUT2D eigenvalue weighted by Gasteiger charge is -2.16. The van der Waals surface area contributed by atoms with Crippen molar-refractivity contribution >= 4 is 5.82 Å². The van der Waals surface area contributed by atoms with Gasteiger partial charge in [-0.1, -0.05) is 38.1 Å². The predicted molar refractivity (Wildman–Crippen MR) is 71.7 cm³/mol. The Morgan fingerprint density at radius 2 is 1.80 bits per heavy atom. The first-order valence-corrected chi connectivity index (χ1v) is 6.10. The molecule has 0 atom stereocenters. The molecule has 1 aromatic heterocycles. The van der Waals surface area contributed by atoms with Crippen LogP contribution in [0.3, 0.4) is 0 Å². The van der Waals surface area contributed by atoms with Gasteiger partial charge < -0.3 is 15.0 Å². The Balaban J connectivity index is 2.40. The molecule has 0 unspecified atom stereocenters. The first kappa shape index (κ1) is 14.3. The Morgan fingerprint density at radius 1 is 1.20 bits per heavy atom. The average Bonchev–Trinajstić information content (AvgIpc) is 2.71. The number of halogens is 2. The lowest BCUT2D eigenvalue weighted by Crippen LogP contribution is -2.11. The van der Waals surface area contributed by atoms with Crippen molar-refractivity contribution in [3.63, 3.8) is 0 Å². The lowest BCUT2D eigenvalue weighted by molar-refractivity contribution is -0.0498. The van der Waals surface area contributed by atoms with Crippen molar-refractivity contribution in [1.29, 1.82) is 0 Å². The highest BCUT2D eigenvalue weighted by molar-refractivity contribution is 5.76. The zero-order valence-electron chi connectivity index (χ0n) is 11.5. The molecule has 0 amide bonds. The fourth-order valence-corrected chi connectivity index (χ4v) is 1.90. The number of alkyl halides is 2. The van der Waals surface area contributed by atoms with E-state index in [-0.39, 0.29) is 17.0 Å². The fourth-order valence-electron chi connectivity index (χ4n) is 1.90. The minimum Gasteiger partial charge on any atom is -0.435 e. The molecular weight excluding hydrogens is 266 g/mol. The van der Waals surface area contributed by atoms with Crippen LogP contribution in [0.15, 0.2) is 28.8 Å². The number of nitrogens with two attached hydrogens (primary N) is 1. The maximum atomic E-state index is 12.1. The van der Waals surface area contributed by atoms with E-state index in [1.165, 1.54) is 12.1 Å². The molecule has 0 spiro atoms. The van der Waals surface area contributed by atoms with Crippen LogP contribution < -0.4 is 10.5 Å². The summed E-state index contributed by atoms with van der Waals surface area (Å²) in [6, 6.07) is 6.21. The molecule has 2 aromatic rings. The van der Waals surface area contributed by atoms with Gasteiger partial charge in [-0.25, -0.2) is 0 Å². The number of hydrogen-bond acceptors (Lipinski definition) is 4. The molecule has 0 fully saturated rings. The smallest absolute Gasteiger partial charge is 0.387 e. The summed E-state index contributed by atoms with van der Waals surface area (Å²) in [6.07, 6.45) is 0. The van der Waals surface area contributed by atoms with Crippen molar-refractivity contribution in [3.8, 4) is 16.9 Å². The van der Waals surface area contributed by atoms with Gasteiger partial charge in [-0.15, -0.1) is 0 Å². The van der Waals surface area contributed by atoms with Gasteiger partial charge in [-0.3, -0.25) is 0 Å². The molecule has 2 rings (SSSR count). The highest BCUT2D eigenvalue weighted by Gasteiger charge is 2.26. The number of nitrogen functional groups attached to an aromatic ring is 1. The quantitative estimate of drug-likeness (QED) is 0.929. The Morgan fingerprint density at radius 3 is 2.30 bits per heavy atom. The van der Waals surface area contributed by atoms with E-state index in [1.807, 2.05) is 20.8 Å². The second-order valence-electron chi connectivity index (χ2n) is 5.42. The van der Waals surface area contributed by atoms with Crippen molar-refractivity contribution in [2.45, 2.75) is 32.8 Å². The van der Waals surface area contributed by atoms with E-state index in [1.54, 1.807) is 12.1 Å². The zero-order valence-corrected chi connectivity index (χ0v) is 11.5. The molecule has 20 heavy (non-hydrogen) atoms. The summed E-state index contributed by atoms with van der Waals surface area (Å²) in [4.78, 5) is 0. The number of nitrogens with zero attached hydrogens (tertiary/aromatic N) is 1. The van der Waals surface area contributed by atoms with Gasteiger partial charge in [0.25, 0.3) is 0 Å². The van der Waals surface area contributed by atoms with Crippen LogP contribution in [0.5, 0.6) is 5.75 Å². The van der Waals surface area contributed by atoms with E-state index in [4.69, 9.17) is 10.3 Å². The second kappa shape index (κ2) is 5.11. The maximum Gasteiger partial charge on any atom is 0.387 e. The summed E-state index contributed by atoms with van der Waals surface area (Å²) in [5.41, 5.74) is 6.99. The van der Waals surface area contributed by atoms with Gasteiger partial charge in [-0.05, 0) is 17.7 Å². The van der Waals surface area contributed by atoms with Crippen LogP contribution in [0.4, 0.5) is 14.6 Å². The Bertz CT molecular complexity index is 586. The van der Waals surface area contributed by atoms with Crippen LogP contribution in [-0.4, -0.2) is 11.8 Å². The zero-order chi connectivity index (χ0) is 14.9. The van der Waals surface area contributed by atoms with Crippen molar-refractivity contribution in [2.75, 3.05) is 5.73 Å². The standard InChI is InChI=1S/C14H16F2N2O2/c1-14(2,3)11-10(12(17)18-20-11)8-4-6-9(7-5-8)19-13(15)16/h4-7,13H,1-3H3,(H2,17,18). The molecule has 0 aliphatic carbocycles. The molecule has 4 nitrogen and oxygen atoms in total. The van der Waals surface area contributed by atoms with Gasteiger partial charge in [0.1, 0.15) is 5.75 Å². The first-order valence-electron chi connectivity index (χ1n) is 6.10. The summed E-state index contributed by atoms with van der Waals surface area (Å²) in [5, 5.41) is 3.78. The van der Waals surface area contributed by atoms with E-state index in [0.717, 1.165) is 5.56 Å². The maximum absolute atomic E-state index is 12.1. The number of ether oxygens (including phenoxy) is 1. The van der Waals surface area contributed by atoms with E-state index < -0.39 is 6.61 Å². The topological polar surface area (TPSA) is 61.3 Å². The molecule has 0 aliphatic rings. The van der Waals surface area contributed by atoms with Gasteiger partial charge in [0.2, 0.25) is 0 Å². The summed E-state index contributed by atoms with van der Waals surface area (Å²) in [6.45, 7) is 3.09. The van der Waals surface area contributed by atoms with Gasteiger partial charge in [-0.2, -0.15) is 8.78 Å². The fraction of sp³-hybridized carbons (Fsp3) is 0.357. The highest BCUT2D eigenvalue weighted by atomic mass is 19.3. The minimum atomic E-state index is -2.84. The number of rotatable bonds is 3. The summed E-state index contributed by atoms with van der Waals surface area (Å²) >= 11 is 0. The molecule has 108 valence electrons. The number of aromatic nitrogens is 1. The van der Waals surface area contributed by atoms with E-state index in [9.17, 15) is 8.78 Å². The summed E-state index contributed by atoms with van der Waals surface area (Å²) in [7, 11) is 0. The normalized spacial score (nSPS) is 11.9. The van der Waals surface area contributed by atoms with E-state index >= 15 is 0 Å². The summed E-state index contributed by atoms with van der Waals surface area (Å²) < 4.78 is 33.8.